The fraction of sp³-hybridized carbons (Fsp3) is 0.909. The summed E-state index contributed by atoms with van der Waals surface area (Å²) in [6.07, 6.45) is 4.44. The summed E-state index contributed by atoms with van der Waals surface area (Å²) in [5, 5.41) is 2.90. The molecule has 3 nitrogen and oxygen atoms in total. The first-order valence-corrected chi connectivity index (χ1v) is 5.63. The maximum atomic E-state index is 11.3. The number of hydrogen-bond acceptors (Lipinski definition) is 2. The van der Waals surface area contributed by atoms with Crippen molar-refractivity contribution >= 4 is 18.3 Å². The summed E-state index contributed by atoms with van der Waals surface area (Å²) in [6, 6.07) is 0. The van der Waals surface area contributed by atoms with Gasteiger partial charge in [0.2, 0.25) is 5.91 Å². The van der Waals surface area contributed by atoms with Crippen molar-refractivity contribution in [3.05, 3.63) is 0 Å². The lowest BCUT2D eigenvalue weighted by Gasteiger charge is -2.26. The van der Waals surface area contributed by atoms with Gasteiger partial charge in [0.1, 0.15) is 0 Å². The smallest absolute Gasteiger partial charge is 0.220 e. The minimum atomic E-state index is -0.220. The first-order chi connectivity index (χ1) is 6.58. The Hall–Kier alpha value is -0.280. The zero-order chi connectivity index (χ0) is 11.0. The Morgan fingerprint density at radius 3 is 2.20 bits per heavy atom. The van der Waals surface area contributed by atoms with E-state index in [-0.39, 0.29) is 23.9 Å². The van der Waals surface area contributed by atoms with E-state index < -0.39 is 0 Å². The zero-order valence-electron chi connectivity index (χ0n) is 10.1. The highest BCUT2D eigenvalue weighted by Crippen LogP contribution is 2.09. The second-order valence-corrected chi connectivity index (χ2v) is 3.95. The Balaban J connectivity index is 0. The van der Waals surface area contributed by atoms with E-state index in [0.717, 1.165) is 25.7 Å². The predicted molar refractivity (Wildman–Crippen MR) is 67.3 cm³/mol. The summed E-state index contributed by atoms with van der Waals surface area (Å²) < 4.78 is 0. The number of amides is 1. The molecule has 92 valence electrons. The number of unbranched alkanes of at least 4 members (excludes halogenated alkanes) is 1. The van der Waals surface area contributed by atoms with E-state index in [0.29, 0.717) is 13.0 Å². The number of rotatable bonds is 7. The Labute approximate surface area is 99.6 Å². The van der Waals surface area contributed by atoms with Crippen LogP contribution in [0, 0.1) is 0 Å². The van der Waals surface area contributed by atoms with Gasteiger partial charge in [-0.1, -0.05) is 27.2 Å². The van der Waals surface area contributed by atoms with Crippen LogP contribution in [0.25, 0.3) is 0 Å². The van der Waals surface area contributed by atoms with E-state index in [2.05, 4.69) is 26.1 Å². The standard InChI is InChI=1S/C11H24N2O.ClH/c1-4-7-8-10(14)13-9-11(12,5-2)6-3;/h4-9,12H2,1-3H3,(H,13,14);1H. The van der Waals surface area contributed by atoms with Gasteiger partial charge in [0.15, 0.2) is 0 Å². The molecular weight excluding hydrogens is 212 g/mol. The molecule has 0 aliphatic carbocycles. The van der Waals surface area contributed by atoms with Crippen LogP contribution >= 0.6 is 12.4 Å². The molecule has 0 aromatic heterocycles. The summed E-state index contributed by atoms with van der Waals surface area (Å²) in [4.78, 5) is 11.3. The second kappa shape index (κ2) is 8.98. The summed E-state index contributed by atoms with van der Waals surface area (Å²) >= 11 is 0. The molecule has 0 atom stereocenters. The SMILES string of the molecule is CCCCC(=O)NCC(N)(CC)CC.Cl. The predicted octanol–water partition coefficient (Wildman–Crippen LogP) is 2.23. The van der Waals surface area contributed by atoms with Gasteiger partial charge in [-0.3, -0.25) is 4.79 Å². The second-order valence-electron chi connectivity index (χ2n) is 3.95. The zero-order valence-corrected chi connectivity index (χ0v) is 11.0. The minimum Gasteiger partial charge on any atom is -0.354 e. The summed E-state index contributed by atoms with van der Waals surface area (Å²) in [5.41, 5.74) is 5.84. The largest absolute Gasteiger partial charge is 0.354 e. The third-order valence-corrected chi connectivity index (χ3v) is 2.80. The number of hydrogen-bond donors (Lipinski definition) is 2. The molecule has 0 heterocycles. The van der Waals surface area contributed by atoms with E-state index in [9.17, 15) is 4.79 Å². The lowest BCUT2D eigenvalue weighted by atomic mass is 9.94. The normalized spacial score (nSPS) is 10.7. The molecule has 0 aliphatic heterocycles. The lowest BCUT2D eigenvalue weighted by molar-refractivity contribution is -0.121. The topological polar surface area (TPSA) is 55.1 Å². The third kappa shape index (κ3) is 7.63. The Morgan fingerprint density at radius 2 is 1.80 bits per heavy atom. The number of nitrogens with one attached hydrogen (secondary N) is 1. The number of halogens is 1. The van der Waals surface area contributed by atoms with Crippen LogP contribution in [0.1, 0.15) is 52.9 Å². The van der Waals surface area contributed by atoms with Gasteiger partial charge in [-0.15, -0.1) is 12.4 Å². The Kier molecular flexibility index (Phi) is 10.3. The molecule has 0 spiro atoms. The van der Waals surface area contributed by atoms with Gasteiger partial charge in [0.05, 0.1) is 0 Å². The molecular formula is C11H25ClN2O. The van der Waals surface area contributed by atoms with E-state index >= 15 is 0 Å². The van der Waals surface area contributed by atoms with Crippen molar-refractivity contribution in [2.24, 2.45) is 5.73 Å². The highest BCUT2D eigenvalue weighted by atomic mass is 35.5. The van der Waals surface area contributed by atoms with Crippen molar-refractivity contribution in [3.63, 3.8) is 0 Å². The molecule has 0 rings (SSSR count). The van der Waals surface area contributed by atoms with Gasteiger partial charge in [-0.05, 0) is 19.3 Å². The molecule has 0 aliphatic rings. The maximum absolute atomic E-state index is 11.3. The van der Waals surface area contributed by atoms with Crippen molar-refractivity contribution in [2.75, 3.05) is 6.54 Å². The highest BCUT2D eigenvalue weighted by Gasteiger charge is 2.20. The van der Waals surface area contributed by atoms with Crippen LogP contribution < -0.4 is 11.1 Å². The van der Waals surface area contributed by atoms with Crippen LogP contribution in [-0.2, 0) is 4.79 Å². The lowest BCUT2D eigenvalue weighted by Crippen LogP contribution is -2.49. The van der Waals surface area contributed by atoms with Crippen molar-refractivity contribution in [2.45, 2.75) is 58.4 Å². The van der Waals surface area contributed by atoms with Crippen LogP contribution in [0.5, 0.6) is 0 Å². The van der Waals surface area contributed by atoms with E-state index in [1.807, 2.05) is 0 Å². The molecule has 0 bridgehead atoms. The molecule has 0 radical (unpaired) electrons. The first-order valence-electron chi connectivity index (χ1n) is 5.63. The molecule has 0 aromatic rings. The van der Waals surface area contributed by atoms with Gasteiger partial charge >= 0.3 is 0 Å². The van der Waals surface area contributed by atoms with E-state index in [1.165, 1.54) is 0 Å². The van der Waals surface area contributed by atoms with Crippen LogP contribution in [0.3, 0.4) is 0 Å². The van der Waals surface area contributed by atoms with Gasteiger partial charge < -0.3 is 11.1 Å². The number of nitrogens with two attached hydrogens (primary N) is 1. The summed E-state index contributed by atoms with van der Waals surface area (Å²) in [6.45, 7) is 6.80. The Bertz CT molecular complexity index is 170. The first kappa shape index (κ1) is 17.1. The molecule has 3 N–H and O–H groups in total. The monoisotopic (exact) mass is 236 g/mol. The van der Waals surface area contributed by atoms with Crippen LogP contribution in [-0.4, -0.2) is 18.0 Å². The van der Waals surface area contributed by atoms with Gasteiger partial charge in [0.25, 0.3) is 0 Å². The van der Waals surface area contributed by atoms with E-state index in [1.54, 1.807) is 0 Å². The van der Waals surface area contributed by atoms with Gasteiger partial charge in [0, 0.05) is 18.5 Å². The van der Waals surface area contributed by atoms with Crippen molar-refractivity contribution in [3.8, 4) is 0 Å². The fourth-order valence-electron chi connectivity index (χ4n) is 1.20. The molecule has 0 unspecified atom stereocenters. The number of carbonyl (C=O) groups excluding carboxylic acids is 1. The fourth-order valence-corrected chi connectivity index (χ4v) is 1.20. The van der Waals surface area contributed by atoms with E-state index in [4.69, 9.17) is 5.73 Å². The molecule has 0 aromatic carbocycles. The van der Waals surface area contributed by atoms with Gasteiger partial charge in [-0.25, -0.2) is 0 Å². The van der Waals surface area contributed by atoms with Crippen molar-refractivity contribution in [1.82, 2.24) is 5.32 Å². The number of carbonyl (C=O) groups is 1. The van der Waals surface area contributed by atoms with Crippen LogP contribution in [0.2, 0.25) is 0 Å². The quantitative estimate of drug-likeness (QED) is 0.712. The highest BCUT2D eigenvalue weighted by molar-refractivity contribution is 5.85. The molecule has 0 saturated heterocycles. The molecule has 1 amide bonds. The van der Waals surface area contributed by atoms with Crippen LogP contribution in [0.15, 0.2) is 0 Å². The third-order valence-electron chi connectivity index (χ3n) is 2.80. The van der Waals surface area contributed by atoms with Gasteiger partial charge in [-0.2, -0.15) is 0 Å². The average molecular weight is 237 g/mol. The van der Waals surface area contributed by atoms with Crippen LogP contribution in [0.4, 0.5) is 0 Å². The molecule has 15 heavy (non-hydrogen) atoms. The Morgan fingerprint density at radius 1 is 1.27 bits per heavy atom. The molecule has 0 fully saturated rings. The summed E-state index contributed by atoms with van der Waals surface area (Å²) in [5.74, 6) is 0.128. The minimum absolute atomic E-state index is 0. The van der Waals surface area contributed by atoms with Crippen molar-refractivity contribution in [1.29, 1.82) is 0 Å². The maximum Gasteiger partial charge on any atom is 0.220 e. The summed E-state index contributed by atoms with van der Waals surface area (Å²) in [7, 11) is 0. The molecule has 0 saturated carbocycles. The van der Waals surface area contributed by atoms with Crippen molar-refractivity contribution < 1.29 is 4.79 Å². The molecule has 4 heteroatoms. The average Bonchev–Trinajstić information content (AvgIpc) is 2.23.